The molecule has 0 heterocycles. The van der Waals surface area contributed by atoms with Gasteiger partial charge in [-0.3, -0.25) is 4.79 Å². The molecular weight excluding hydrogens is 228 g/mol. The zero-order chi connectivity index (χ0) is 14.0. The van der Waals surface area contributed by atoms with E-state index in [-0.39, 0.29) is 11.4 Å². The average Bonchev–Trinajstić information content (AvgIpc) is 2.40. The number of esters is 1. The molecule has 0 saturated carbocycles. The molecule has 0 aliphatic rings. The third kappa shape index (κ3) is 4.27. The Labute approximate surface area is 112 Å². The highest BCUT2D eigenvalue weighted by atomic mass is 16.6. The predicted octanol–water partition coefficient (Wildman–Crippen LogP) is 3.81. The van der Waals surface area contributed by atoms with Crippen molar-refractivity contribution in [2.24, 2.45) is 11.3 Å². The van der Waals surface area contributed by atoms with Crippen LogP contribution in [0.25, 0.3) is 0 Å². The lowest BCUT2D eigenvalue weighted by atomic mass is 9.69. The first-order valence-electron chi connectivity index (χ1n) is 7.37. The second kappa shape index (κ2) is 9.37. The summed E-state index contributed by atoms with van der Waals surface area (Å²) in [5, 5.41) is 0. The van der Waals surface area contributed by atoms with Crippen molar-refractivity contribution in [3.63, 3.8) is 0 Å². The van der Waals surface area contributed by atoms with Gasteiger partial charge in [0.2, 0.25) is 0 Å². The minimum absolute atomic E-state index is 0.0408. The first-order chi connectivity index (χ1) is 8.62. The highest BCUT2D eigenvalue weighted by molar-refractivity contribution is 5.77. The van der Waals surface area contributed by atoms with Gasteiger partial charge in [-0.2, -0.15) is 0 Å². The van der Waals surface area contributed by atoms with Gasteiger partial charge in [-0.25, -0.2) is 0 Å². The summed E-state index contributed by atoms with van der Waals surface area (Å²) in [5.74, 6) is 0.369. The third-order valence-electron chi connectivity index (χ3n) is 4.10. The fraction of sp³-hybridized carbons (Fsp3) is 0.933. The molecule has 0 bridgehead atoms. The molecule has 108 valence electrons. The van der Waals surface area contributed by atoms with Crippen LogP contribution in [0.5, 0.6) is 0 Å². The summed E-state index contributed by atoms with van der Waals surface area (Å²) >= 11 is 0. The summed E-state index contributed by atoms with van der Waals surface area (Å²) in [6.45, 7) is 12.0. The number of ether oxygens (including phenoxy) is 2. The van der Waals surface area contributed by atoms with Gasteiger partial charge in [0.25, 0.3) is 0 Å². The Balaban J connectivity index is 4.60. The molecule has 0 radical (unpaired) electrons. The first-order valence-corrected chi connectivity index (χ1v) is 7.37. The maximum atomic E-state index is 12.4. The third-order valence-corrected chi connectivity index (χ3v) is 4.10. The van der Waals surface area contributed by atoms with E-state index < -0.39 is 0 Å². The van der Waals surface area contributed by atoms with Crippen molar-refractivity contribution >= 4 is 5.97 Å². The molecule has 18 heavy (non-hydrogen) atoms. The summed E-state index contributed by atoms with van der Waals surface area (Å²) in [4.78, 5) is 12.4. The molecule has 0 aliphatic heterocycles. The lowest BCUT2D eigenvalue weighted by molar-refractivity contribution is -0.162. The van der Waals surface area contributed by atoms with Gasteiger partial charge in [-0.1, -0.05) is 40.5 Å². The van der Waals surface area contributed by atoms with E-state index in [0.29, 0.717) is 25.7 Å². The number of carbonyl (C=O) groups is 1. The molecule has 0 amide bonds. The fourth-order valence-corrected chi connectivity index (χ4v) is 2.83. The molecule has 0 aromatic heterocycles. The molecule has 0 fully saturated rings. The van der Waals surface area contributed by atoms with Gasteiger partial charge in [0, 0.05) is 6.61 Å². The summed E-state index contributed by atoms with van der Waals surface area (Å²) in [7, 11) is 0. The van der Waals surface area contributed by atoms with Crippen LogP contribution in [0.15, 0.2) is 0 Å². The maximum absolute atomic E-state index is 12.4. The minimum atomic E-state index is -0.310. The molecule has 3 heteroatoms. The Morgan fingerprint density at radius 2 is 1.56 bits per heavy atom. The Bertz CT molecular complexity index is 218. The van der Waals surface area contributed by atoms with E-state index in [2.05, 4.69) is 27.7 Å². The van der Waals surface area contributed by atoms with Crippen molar-refractivity contribution in [3.05, 3.63) is 0 Å². The number of rotatable bonds is 10. The molecule has 0 aliphatic carbocycles. The smallest absolute Gasteiger partial charge is 0.312 e. The van der Waals surface area contributed by atoms with Crippen LogP contribution in [0.4, 0.5) is 0 Å². The summed E-state index contributed by atoms with van der Waals surface area (Å²) < 4.78 is 10.6. The molecule has 0 unspecified atom stereocenters. The van der Waals surface area contributed by atoms with Gasteiger partial charge in [0.05, 0.1) is 12.0 Å². The molecular formula is C15H30O3. The Hall–Kier alpha value is -0.570. The lowest BCUT2D eigenvalue weighted by Gasteiger charge is -2.36. The van der Waals surface area contributed by atoms with Crippen LogP contribution in [-0.2, 0) is 14.3 Å². The zero-order valence-corrected chi connectivity index (χ0v) is 12.8. The van der Waals surface area contributed by atoms with Crippen molar-refractivity contribution in [2.75, 3.05) is 19.8 Å². The lowest BCUT2D eigenvalue weighted by Crippen LogP contribution is -2.39. The van der Waals surface area contributed by atoms with Crippen LogP contribution in [0.1, 0.15) is 60.3 Å². The van der Waals surface area contributed by atoms with Crippen LogP contribution < -0.4 is 0 Å². The Morgan fingerprint density at radius 1 is 1.00 bits per heavy atom. The van der Waals surface area contributed by atoms with E-state index in [1.165, 1.54) is 0 Å². The Kier molecular flexibility index (Phi) is 9.08. The zero-order valence-electron chi connectivity index (χ0n) is 12.8. The SMILES string of the molecule is CCOCCOC(=O)C(CC)(CC)C(CC)CC. The summed E-state index contributed by atoms with van der Waals surface area (Å²) in [6.07, 6.45) is 3.75. The van der Waals surface area contributed by atoms with Crippen LogP contribution in [-0.4, -0.2) is 25.8 Å². The highest BCUT2D eigenvalue weighted by Gasteiger charge is 2.42. The number of carbonyl (C=O) groups excluding carboxylic acids is 1. The van der Waals surface area contributed by atoms with Gasteiger partial charge in [0.15, 0.2) is 0 Å². The first kappa shape index (κ1) is 17.4. The van der Waals surface area contributed by atoms with Gasteiger partial charge in [0.1, 0.15) is 6.61 Å². The van der Waals surface area contributed by atoms with Crippen molar-refractivity contribution in [1.82, 2.24) is 0 Å². The van der Waals surface area contributed by atoms with Crippen LogP contribution >= 0.6 is 0 Å². The van der Waals surface area contributed by atoms with Crippen molar-refractivity contribution in [3.8, 4) is 0 Å². The molecule has 0 saturated heterocycles. The van der Waals surface area contributed by atoms with E-state index >= 15 is 0 Å². The van der Waals surface area contributed by atoms with E-state index in [1.807, 2.05) is 6.92 Å². The number of hydrogen-bond acceptors (Lipinski definition) is 3. The molecule has 3 nitrogen and oxygen atoms in total. The predicted molar refractivity (Wildman–Crippen MR) is 74.5 cm³/mol. The maximum Gasteiger partial charge on any atom is 0.312 e. The highest BCUT2D eigenvalue weighted by Crippen LogP contribution is 2.40. The van der Waals surface area contributed by atoms with Crippen LogP contribution in [0, 0.1) is 11.3 Å². The topological polar surface area (TPSA) is 35.5 Å². The molecule has 0 N–H and O–H groups in total. The quantitative estimate of drug-likeness (QED) is 0.441. The fourth-order valence-electron chi connectivity index (χ4n) is 2.83. The minimum Gasteiger partial charge on any atom is -0.463 e. The van der Waals surface area contributed by atoms with Gasteiger partial charge in [-0.15, -0.1) is 0 Å². The van der Waals surface area contributed by atoms with E-state index in [1.54, 1.807) is 0 Å². The standard InChI is InChI=1S/C15H30O3/c1-6-13(7-2)15(8-3,9-4)14(16)18-12-11-17-10-5/h13H,6-12H2,1-5H3. The van der Waals surface area contributed by atoms with Gasteiger partial charge < -0.3 is 9.47 Å². The second-order valence-corrected chi connectivity index (χ2v) is 4.71. The van der Waals surface area contributed by atoms with Crippen molar-refractivity contribution in [1.29, 1.82) is 0 Å². The van der Waals surface area contributed by atoms with E-state index in [0.717, 1.165) is 25.7 Å². The second-order valence-electron chi connectivity index (χ2n) is 4.71. The normalized spacial score (nSPS) is 11.9. The van der Waals surface area contributed by atoms with Crippen molar-refractivity contribution in [2.45, 2.75) is 60.3 Å². The van der Waals surface area contributed by atoms with Crippen LogP contribution in [0.2, 0.25) is 0 Å². The largest absolute Gasteiger partial charge is 0.463 e. The van der Waals surface area contributed by atoms with Gasteiger partial charge >= 0.3 is 5.97 Å². The molecule has 0 rings (SSSR count). The monoisotopic (exact) mass is 258 g/mol. The summed E-state index contributed by atoms with van der Waals surface area (Å²) in [6, 6.07) is 0. The molecule has 0 aromatic rings. The molecule has 0 spiro atoms. The Morgan fingerprint density at radius 3 is 1.94 bits per heavy atom. The van der Waals surface area contributed by atoms with Crippen molar-refractivity contribution < 1.29 is 14.3 Å². The average molecular weight is 258 g/mol. The van der Waals surface area contributed by atoms with E-state index in [9.17, 15) is 4.79 Å². The van der Waals surface area contributed by atoms with E-state index in [4.69, 9.17) is 9.47 Å². The molecule has 0 atom stereocenters. The number of hydrogen-bond donors (Lipinski definition) is 0. The van der Waals surface area contributed by atoms with Crippen LogP contribution in [0.3, 0.4) is 0 Å². The molecule has 0 aromatic carbocycles. The van der Waals surface area contributed by atoms with Gasteiger partial charge in [-0.05, 0) is 25.7 Å². The summed E-state index contributed by atoms with van der Waals surface area (Å²) in [5.41, 5.74) is -0.310.